The van der Waals surface area contributed by atoms with Crippen LogP contribution in [-0.4, -0.2) is 31.8 Å². The third kappa shape index (κ3) is 8.59. The summed E-state index contributed by atoms with van der Waals surface area (Å²) in [6, 6.07) is 0. The molecule has 0 saturated heterocycles. The molecular formula is C5H11Br2NO. The zero-order valence-corrected chi connectivity index (χ0v) is 8.75. The van der Waals surface area contributed by atoms with Gasteiger partial charge in [0.1, 0.15) is 6.54 Å². The van der Waals surface area contributed by atoms with E-state index in [1.54, 1.807) is 0 Å². The maximum absolute atomic E-state index is 10.6. The smallest absolute Gasteiger partial charge is 0.197 e. The van der Waals surface area contributed by atoms with Gasteiger partial charge in [0.15, 0.2) is 5.78 Å². The molecule has 0 aliphatic carbocycles. The number of hydrogen-bond donors (Lipinski definition) is 1. The van der Waals surface area contributed by atoms with Crippen molar-refractivity contribution < 1.29 is 26.7 Å². The van der Waals surface area contributed by atoms with Gasteiger partial charge in [0, 0.05) is 0 Å². The number of likely N-dealkylation sites (N-methyl/N-ethyl adjacent to an activating group) is 1. The lowest BCUT2D eigenvalue weighted by Crippen LogP contribution is -3.06. The molecule has 0 aromatic heterocycles. The molecule has 0 unspecified atom stereocenters. The summed E-state index contributed by atoms with van der Waals surface area (Å²) in [5, 5.41) is 0.484. The first kappa shape index (κ1) is 12.3. The molecule has 0 aromatic carbocycles. The molecule has 0 aromatic rings. The van der Waals surface area contributed by atoms with Crippen LogP contribution in [0.15, 0.2) is 0 Å². The SMILES string of the molecule is C[NH+](C)CC(=O)CBr.[Br-]. The second-order valence-electron chi connectivity index (χ2n) is 2.06. The fraction of sp³-hybridized carbons (Fsp3) is 0.800. The number of alkyl halides is 1. The molecule has 2 nitrogen and oxygen atoms in total. The first-order chi connectivity index (χ1) is 3.66. The summed E-state index contributed by atoms with van der Waals surface area (Å²) in [5.74, 6) is 0.255. The number of quaternary nitrogens is 1. The number of Topliss-reactive ketones (excluding diaryl/α,β-unsaturated/α-hetero) is 1. The number of carbonyl (C=O) groups excluding carboxylic acids is 1. The lowest BCUT2D eigenvalue weighted by atomic mass is 10.4. The number of hydrogen-bond acceptors (Lipinski definition) is 1. The molecule has 1 N–H and O–H groups in total. The van der Waals surface area contributed by atoms with Crippen LogP contribution in [0.4, 0.5) is 0 Å². The maximum atomic E-state index is 10.6. The Morgan fingerprint density at radius 1 is 1.56 bits per heavy atom. The molecule has 0 aliphatic rings. The van der Waals surface area contributed by atoms with Gasteiger partial charge in [0.25, 0.3) is 0 Å². The molecule has 56 valence electrons. The molecule has 0 heterocycles. The van der Waals surface area contributed by atoms with Crippen LogP contribution >= 0.6 is 15.9 Å². The van der Waals surface area contributed by atoms with Crippen molar-refractivity contribution >= 4 is 21.7 Å². The molecule has 0 saturated carbocycles. The van der Waals surface area contributed by atoms with Crippen molar-refractivity contribution in [1.29, 1.82) is 0 Å². The van der Waals surface area contributed by atoms with E-state index in [1.807, 2.05) is 14.1 Å². The summed E-state index contributed by atoms with van der Waals surface area (Å²) < 4.78 is 0. The van der Waals surface area contributed by atoms with Gasteiger partial charge in [-0.25, -0.2) is 0 Å². The van der Waals surface area contributed by atoms with E-state index >= 15 is 0 Å². The van der Waals surface area contributed by atoms with E-state index in [2.05, 4.69) is 15.9 Å². The van der Waals surface area contributed by atoms with Crippen molar-refractivity contribution in [3.8, 4) is 0 Å². The van der Waals surface area contributed by atoms with Gasteiger partial charge in [-0.3, -0.25) is 4.79 Å². The van der Waals surface area contributed by atoms with Crippen LogP contribution in [0.1, 0.15) is 0 Å². The van der Waals surface area contributed by atoms with Gasteiger partial charge >= 0.3 is 0 Å². The first-order valence-corrected chi connectivity index (χ1v) is 3.65. The average Bonchev–Trinajstić information content (AvgIpc) is 1.65. The Kier molecular flexibility index (Phi) is 9.15. The normalized spacial score (nSPS) is 8.89. The van der Waals surface area contributed by atoms with E-state index in [1.165, 1.54) is 4.90 Å². The molecule has 4 heteroatoms. The molecular weight excluding hydrogens is 250 g/mol. The van der Waals surface area contributed by atoms with Gasteiger partial charge in [0.2, 0.25) is 0 Å². The number of nitrogens with one attached hydrogen (secondary N) is 1. The number of halogens is 2. The molecule has 9 heavy (non-hydrogen) atoms. The zero-order valence-electron chi connectivity index (χ0n) is 5.58. The second kappa shape index (κ2) is 6.71. The van der Waals surface area contributed by atoms with Crippen molar-refractivity contribution in [2.24, 2.45) is 0 Å². The van der Waals surface area contributed by atoms with Gasteiger partial charge in [-0.2, -0.15) is 0 Å². The Bertz CT molecular complexity index is 85.0. The van der Waals surface area contributed by atoms with Crippen molar-refractivity contribution in [1.82, 2.24) is 0 Å². The number of rotatable bonds is 3. The fourth-order valence-corrected chi connectivity index (χ4v) is 0.640. The Hall–Kier alpha value is 0.590. The highest BCUT2D eigenvalue weighted by molar-refractivity contribution is 9.09. The quantitative estimate of drug-likeness (QED) is 0.515. The summed E-state index contributed by atoms with van der Waals surface area (Å²) in [6.45, 7) is 0.616. The predicted octanol–water partition coefficient (Wildman–Crippen LogP) is -3.90. The van der Waals surface area contributed by atoms with E-state index in [0.29, 0.717) is 11.9 Å². The molecule has 0 amide bonds. The van der Waals surface area contributed by atoms with E-state index < -0.39 is 0 Å². The minimum atomic E-state index is 0. The molecule has 0 atom stereocenters. The van der Waals surface area contributed by atoms with Crippen LogP contribution in [0.5, 0.6) is 0 Å². The minimum absolute atomic E-state index is 0. The zero-order chi connectivity index (χ0) is 6.57. The third-order valence-electron chi connectivity index (χ3n) is 0.700. The Morgan fingerprint density at radius 3 is 2.11 bits per heavy atom. The second-order valence-corrected chi connectivity index (χ2v) is 2.62. The van der Waals surface area contributed by atoms with E-state index in [4.69, 9.17) is 0 Å². The summed E-state index contributed by atoms with van der Waals surface area (Å²) in [6.07, 6.45) is 0. The molecule has 0 fully saturated rings. The maximum Gasteiger partial charge on any atom is 0.197 e. The summed E-state index contributed by atoms with van der Waals surface area (Å²) >= 11 is 3.08. The van der Waals surface area contributed by atoms with Gasteiger partial charge in [0.05, 0.1) is 19.4 Å². The largest absolute Gasteiger partial charge is 1.00 e. The molecule has 0 bridgehead atoms. The van der Waals surface area contributed by atoms with E-state index in [-0.39, 0.29) is 22.8 Å². The monoisotopic (exact) mass is 259 g/mol. The van der Waals surface area contributed by atoms with Crippen LogP contribution < -0.4 is 21.9 Å². The lowest BCUT2D eigenvalue weighted by molar-refractivity contribution is -0.849. The molecule has 0 aliphatic heterocycles. The summed E-state index contributed by atoms with van der Waals surface area (Å²) in [4.78, 5) is 11.7. The third-order valence-corrected chi connectivity index (χ3v) is 1.33. The number of carbonyl (C=O) groups is 1. The van der Waals surface area contributed by atoms with Gasteiger partial charge in [-0.1, -0.05) is 15.9 Å². The predicted molar refractivity (Wildman–Crippen MR) is 36.5 cm³/mol. The first-order valence-electron chi connectivity index (χ1n) is 2.53. The minimum Gasteiger partial charge on any atom is -1.00 e. The standard InChI is InChI=1S/C5H10BrNO.BrH/c1-7(2)4-5(8)3-6;/h3-4H2,1-2H3;1H. The van der Waals surface area contributed by atoms with Crippen LogP contribution in [0.3, 0.4) is 0 Å². The van der Waals surface area contributed by atoms with Crippen molar-refractivity contribution in [2.75, 3.05) is 26.0 Å². The Morgan fingerprint density at radius 2 is 2.00 bits per heavy atom. The van der Waals surface area contributed by atoms with Crippen molar-refractivity contribution in [2.45, 2.75) is 0 Å². The highest BCUT2D eigenvalue weighted by atomic mass is 79.9. The van der Waals surface area contributed by atoms with Crippen LogP contribution in [0.25, 0.3) is 0 Å². The van der Waals surface area contributed by atoms with Crippen LogP contribution in [0.2, 0.25) is 0 Å². The highest BCUT2D eigenvalue weighted by Crippen LogP contribution is 1.76. The summed E-state index contributed by atoms with van der Waals surface area (Å²) in [5.41, 5.74) is 0. The van der Waals surface area contributed by atoms with Crippen molar-refractivity contribution in [3.63, 3.8) is 0 Å². The van der Waals surface area contributed by atoms with Crippen molar-refractivity contribution in [3.05, 3.63) is 0 Å². The topological polar surface area (TPSA) is 21.5 Å². The molecule has 0 spiro atoms. The summed E-state index contributed by atoms with van der Waals surface area (Å²) in [7, 11) is 3.92. The lowest BCUT2D eigenvalue weighted by Gasteiger charge is -2.02. The Balaban J connectivity index is 0. The van der Waals surface area contributed by atoms with Crippen LogP contribution in [0, 0.1) is 0 Å². The highest BCUT2D eigenvalue weighted by Gasteiger charge is 2.01. The fourth-order valence-electron chi connectivity index (χ4n) is 0.442. The van der Waals surface area contributed by atoms with E-state index in [0.717, 1.165) is 0 Å². The van der Waals surface area contributed by atoms with Gasteiger partial charge < -0.3 is 21.9 Å². The van der Waals surface area contributed by atoms with Gasteiger partial charge in [-0.05, 0) is 0 Å². The average molecular weight is 261 g/mol. The molecule has 0 radical (unpaired) electrons. The van der Waals surface area contributed by atoms with Crippen LogP contribution in [-0.2, 0) is 4.79 Å². The van der Waals surface area contributed by atoms with Gasteiger partial charge in [-0.15, -0.1) is 0 Å². The van der Waals surface area contributed by atoms with E-state index in [9.17, 15) is 4.79 Å². The number of ketones is 1. The Labute approximate surface area is 74.5 Å². The molecule has 0 rings (SSSR count).